The molecular weight excluding hydrogens is 186 g/mol. The maximum absolute atomic E-state index is 12.5. The lowest BCUT2D eigenvalue weighted by molar-refractivity contribution is -0.108. The molecule has 76 valence electrons. The van der Waals surface area contributed by atoms with Gasteiger partial charge in [0.15, 0.2) is 0 Å². The minimum Gasteiger partial charge on any atom is -0.303 e. The molecule has 1 atom stereocenters. The van der Waals surface area contributed by atoms with Crippen molar-refractivity contribution in [2.45, 2.75) is 26.2 Å². The molecule has 1 aromatic carbocycles. The summed E-state index contributed by atoms with van der Waals surface area (Å²) in [6, 6.07) is 4.66. The van der Waals surface area contributed by atoms with E-state index in [2.05, 4.69) is 0 Å². The van der Waals surface area contributed by atoms with Crippen LogP contribution < -0.4 is 0 Å². The van der Waals surface area contributed by atoms with Gasteiger partial charge in [-0.25, -0.2) is 8.78 Å². The van der Waals surface area contributed by atoms with Gasteiger partial charge >= 0.3 is 0 Å². The van der Waals surface area contributed by atoms with E-state index in [1.54, 1.807) is 26.0 Å². The van der Waals surface area contributed by atoms with Crippen LogP contribution in [0.4, 0.5) is 8.78 Å². The van der Waals surface area contributed by atoms with Crippen LogP contribution in [0.3, 0.4) is 0 Å². The molecule has 0 saturated carbocycles. The van der Waals surface area contributed by atoms with E-state index in [0.29, 0.717) is 11.1 Å². The number of carbonyl (C=O) groups excluding carboxylic acids is 1. The third-order valence-corrected chi connectivity index (χ3v) is 2.35. The van der Waals surface area contributed by atoms with Crippen molar-refractivity contribution in [1.29, 1.82) is 0 Å². The molecule has 0 radical (unpaired) electrons. The Bertz CT molecular complexity index is 334. The van der Waals surface area contributed by atoms with Gasteiger partial charge in [-0.1, -0.05) is 25.1 Å². The first-order valence-electron chi connectivity index (χ1n) is 4.40. The van der Waals surface area contributed by atoms with E-state index in [4.69, 9.17) is 0 Å². The highest BCUT2D eigenvalue weighted by atomic mass is 19.3. The first kappa shape index (κ1) is 10.8. The summed E-state index contributed by atoms with van der Waals surface area (Å²) < 4.78 is 25.0. The van der Waals surface area contributed by atoms with Crippen LogP contribution >= 0.6 is 0 Å². The lowest BCUT2D eigenvalue weighted by Gasteiger charge is -2.12. The van der Waals surface area contributed by atoms with Crippen molar-refractivity contribution in [2.75, 3.05) is 0 Å². The molecule has 0 bridgehead atoms. The Kier molecular flexibility index (Phi) is 3.33. The monoisotopic (exact) mass is 198 g/mol. The number of benzene rings is 1. The van der Waals surface area contributed by atoms with Crippen LogP contribution in [0.25, 0.3) is 0 Å². The smallest absolute Gasteiger partial charge is 0.264 e. The first-order valence-corrected chi connectivity index (χ1v) is 4.40. The first-order chi connectivity index (χ1) is 6.57. The maximum atomic E-state index is 12.5. The number of hydrogen-bond donors (Lipinski definition) is 0. The van der Waals surface area contributed by atoms with Crippen LogP contribution in [0.15, 0.2) is 18.2 Å². The normalized spacial score (nSPS) is 12.9. The van der Waals surface area contributed by atoms with Crippen molar-refractivity contribution in [3.05, 3.63) is 34.9 Å². The van der Waals surface area contributed by atoms with E-state index in [9.17, 15) is 13.6 Å². The van der Waals surface area contributed by atoms with Crippen LogP contribution in [0, 0.1) is 6.92 Å². The summed E-state index contributed by atoms with van der Waals surface area (Å²) in [7, 11) is 0. The van der Waals surface area contributed by atoms with Gasteiger partial charge in [-0.2, -0.15) is 0 Å². The van der Waals surface area contributed by atoms with E-state index in [1.165, 1.54) is 6.07 Å². The second-order valence-electron chi connectivity index (χ2n) is 3.29. The van der Waals surface area contributed by atoms with E-state index < -0.39 is 6.43 Å². The molecule has 0 N–H and O–H groups in total. The van der Waals surface area contributed by atoms with Crippen molar-refractivity contribution in [1.82, 2.24) is 0 Å². The highest BCUT2D eigenvalue weighted by molar-refractivity contribution is 5.63. The Morgan fingerprint density at radius 3 is 2.36 bits per heavy atom. The average molecular weight is 198 g/mol. The topological polar surface area (TPSA) is 17.1 Å². The molecule has 0 heterocycles. The molecule has 0 spiro atoms. The Morgan fingerprint density at radius 2 is 1.86 bits per heavy atom. The van der Waals surface area contributed by atoms with Crippen LogP contribution in [-0.4, -0.2) is 6.29 Å². The lowest BCUT2D eigenvalue weighted by atomic mass is 9.94. The van der Waals surface area contributed by atoms with E-state index in [-0.39, 0.29) is 11.5 Å². The zero-order valence-electron chi connectivity index (χ0n) is 8.13. The number of halogens is 2. The van der Waals surface area contributed by atoms with Crippen LogP contribution in [0.2, 0.25) is 0 Å². The second kappa shape index (κ2) is 4.31. The fourth-order valence-electron chi connectivity index (χ4n) is 1.48. The Balaban J connectivity index is 3.20. The minimum absolute atomic E-state index is 0.0104. The van der Waals surface area contributed by atoms with Gasteiger partial charge in [0.05, 0.1) is 0 Å². The minimum atomic E-state index is -2.48. The molecule has 0 saturated heterocycles. The van der Waals surface area contributed by atoms with E-state index in [1.807, 2.05) is 0 Å². The molecule has 14 heavy (non-hydrogen) atoms. The van der Waals surface area contributed by atoms with Gasteiger partial charge in [0, 0.05) is 11.5 Å². The van der Waals surface area contributed by atoms with Gasteiger partial charge in [-0.15, -0.1) is 0 Å². The molecule has 0 aliphatic carbocycles. The summed E-state index contributed by atoms with van der Waals surface area (Å²) in [4.78, 5) is 10.6. The number of alkyl halides is 2. The van der Waals surface area contributed by atoms with E-state index in [0.717, 1.165) is 6.29 Å². The zero-order chi connectivity index (χ0) is 10.7. The highest BCUT2D eigenvalue weighted by Crippen LogP contribution is 2.27. The summed E-state index contributed by atoms with van der Waals surface area (Å²) in [6.07, 6.45) is -1.72. The molecule has 1 nitrogen and oxygen atoms in total. The van der Waals surface area contributed by atoms with Crippen LogP contribution in [-0.2, 0) is 4.79 Å². The van der Waals surface area contributed by atoms with E-state index >= 15 is 0 Å². The molecule has 0 aliphatic heterocycles. The number of hydrogen-bond acceptors (Lipinski definition) is 1. The van der Waals surface area contributed by atoms with Gasteiger partial charge in [0.2, 0.25) is 0 Å². The van der Waals surface area contributed by atoms with Crippen LogP contribution in [0.5, 0.6) is 0 Å². The SMILES string of the molecule is Cc1c(C(F)F)cccc1C(C)C=O. The summed E-state index contributed by atoms with van der Waals surface area (Å²) in [5, 5.41) is 0. The predicted molar refractivity (Wildman–Crippen MR) is 50.6 cm³/mol. The second-order valence-corrected chi connectivity index (χ2v) is 3.29. The summed E-state index contributed by atoms with van der Waals surface area (Å²) in [6.45, 7) is 3.32. The summed E-state index contributed by atoms with van der Waals surface area (Å²) in [5.41, 5.74) is 1.20. The predicted octanol–water partition coefficient (Wildman–Crippen LogP) is 3.24. The van der Waals surface area contributed by atoms with Crippen molar-refractivity contribution in [3.8, 4) is 0 Å². The Hall–Kier alpha value is -1.25. The molecule has 0 fully saturated rings. The average Bonchev–Trinajstić information content (AvgIpc) is 2.16. The van der Waals surface area contributed by atoms with Crippen LogP contribution in [0.1, 0.15) is 36.0 Å². The maximum Gasteiger partial charge on any atom is 0.264 e. The van der Waals surface area contributed by atoms with Gasteiger partial charge in [0.1, 0.15) is 6.29 Å². The Morgan fingerprint density at radius 1 is 1.29 bits per heavy atom. The van der Waals surface area contributed by atoms with Crippen molar-refractivity contribution in [2.24, 2.45) is 0 Å². The third-order valence-electron chi connectivity index (χ3n) is 2.35. The largest absolute Gasteiger partial charge is 0.303 e. The van der Waals surface area contributed by atoms with Crippen molar-refractivity contribution in [3.63, 3.8) is 0 Å². The highest BCUT2D eigenvalue weighted by Gasteiger charge is 2.15. The zero-order valence-corrected chi connectivity index (χ0v) is 8.13. The fourth-order valence-corrected chi connectivity index (χ4v) is 1.48. The molecule has 1 aromatic rings. The molecular formula is C11H12F2O. The van der Waals surface area contributed by atoms with Gasteiger partial charge < -0.3 is 4.79 Å². The number of rotatable bonds is 3. The lowest BCUT2D eigenvalue weighted by Crippen LogP contribution is -2.01. The fraction of sp³-hybridized carbons (Fsp3) is 0.364. The molecule has 0 aromatic heterocycles. The standard InChI is InChI=1S/C11H12F2O/c1-7(6-14)9-4-3-5-10(8(9)2)11(12)13/h3-7,11H,1-2H3. The molecule has 0 aliphatic rings. The molecule has 0 amide bonds. The third kappa shape index (κ3) is 1.97. The van der Waals surface area contributed by atoms with Gasteiger partial charge in [-0.05, 0) is 18.1 Å². The summed E-state index contributed by atoms with van der Waals surface area (Å²) >= 11 is 0. The quantitative estimate of drug-likeness (QED) is 0.681. The number of aldehydes is 1. The molecule has 1 rings (SSSR count). The molecule has 1 unspecified atom stereocenters. The molecule has 3 heteroatoms. The number of carbonyl (C=O) groups is 1. The van der Waals surface area contributed by atoms with Gasteiger partial charge in [-0.3, -0.25) is 0 Å². The van der Waals surface area contributed by atoms with Gasteiger partial charge in [0.25, 0.3) is 6.43 Å². The van der Waals surface area contributed by atoms with Crippen molar-refractivity contribution >= 4 is 6.29 Å². The Labute approximate surface area is 81.7 Å². The summed E-state index contributed by atoms with van der Waals surface area (Å²) in [5.74, 6) is -0.325. The van der Waals surface area contributed by atoms with Crippen molar-refractivity contribution < 1.29 is 13.6 Å².